The van der Waals surface area contributed by atoms with E-state index in [2.05, 4.69) is 4.98 Å². The number of nitrogens with zero attached hydrogens (tertiary/aromatic N) is 2. The fourth-order valence-electron chi connectivity index (χ4n) is 2.35. The van der Waals surface area contributed by atoms with Crippen molar-refractivity contribution in [2.24, 2.45) is 5.73 Å². The fourth-order valence-corrected chi connectivity index (χ4v) is 5.32. The zero-order valence-electron chi connectivity index (χ0n) is 11.9. The molecule has 0 aliphatic carbocycles. The van der Waals surface area contributed by atoms with Gasteiger partial charge in [-0.05, 0) is 24.1 Å². The number of nitrogens with two attached hydrogens (primary N) is 1. The molecule has 20 heavy (non-hydrogen) atoms. The van der Waals surface area contributed by atoms with Crippen molar-refractivity contribution in [3.8, 4) is 0 Å². The first-order valence-electron chi connectivity index (χ1n) is 6.71. The molecule has 1 aliphatic rings. The molecule has 5 nitrogen and oxygen atoms in total. The minimum Gasteiger partial charge on any atom is -0.338 e. The van der Waals surface area contributed by atoms with Crippen LogP contribution in [0.1, 0.15) is 18.1 Å². The second-order valence-corrected chi connectivity index (χ2v) is 8.46. The zero-order chi connectivity index (χ0) is 14.8. The van der Waals surface area contributed by atoms with E-state index in [-0.39, 0.29) is 5.75 Å². The topological polar surface area (TPSA) is 76.3 Å². The zero-order valence-corrected chi connectivity index (χ0v) is 13.5. The van der Waals surface area contributed by atoms with Gasteiger partial charge in [0.25, 0.3) is 0 Å². The van der Waals surface area contributed by atoms with Gasteiger partial charge in [-0.15, -0.1) is 0 Å². The molecule has 1 unspecified atom stereocenters. The molecule has 0 aromatic carbocycles. The lowest BCUT2D eigenvalue weighted by atomic mass is 10.2. The van der Waals surface area contributed by atoms with E-state index < -0.39 is 15.2 Å². The van der Waals surface area contributed by atoms with Crippen molar-refractivity contribution in [2.45, 2.75) is 25.8 Å². The number of aromatic nitrogens is 1. The molecule has 1 atom stereocenters. The maximum absolute atomic E-state index is 12.3. The number of hydrogen-bond acceptors (Lipinski definition) is 6. The number of aryl methyl sites for hydroxylation is 1. The van der Waals surface area contributed by atoms with E-state index >= 15 is 0 Å². The van der Waals surface area contributed by atoms with Gasteiger partial charge in [0, 0.05) is 36.5 Å². The number of sulfone groups is 1. The highest BCUT2D eigenvalue weighted by molar-refractivity contribution is 8.01. The van der Waals surface area contributed by atoms with Crippen LogP contribution in [0.5, 0.6) is 0 Å². The molecule has 1 saturated heterocycles. The van der Waals surface area contributed by atoms with E-state index in [1.807, 2.05) is 17.9 Å². The lowest BCUT2D eigenvalue weighted by Gasteiger charge is -2.36. The second kappa shape index (κ2) is 6.32. The highest BCUT2D eigenvalue weighted by Gasteiger charge is 2.34. The van der Waals surface area contributed by atoms with E-state index in [0.717, 1.165) is 22.7 Å². The van der Waals surface area contributed by atoms with Crippen LogP contribution >= 0.6 is 11.8 Å². The highest BCUT2D eigenvalue weighted by Crippen LogP contribution is 2.28. The largest absolute Gasteiger partial charge is 0.338 e. The van der Waals surface area contributed by atoms with Crippen molar-refractivity contribution >= 4 is 27.4 Å². The van der Waals surface area contributed by atoms with Gasteiger partial charge in [-0.25, -0.2) is 13.4 Å². The number of hydrogen-bond donors (Lipinski definition) is 1. The third kappa shape index (κ3) is 3.10. The molecule has 2 rings (SSSR count). The Balaban J connectivity index is 2.38. The van der Waals surface area contributed by atoms with Crippen LogP contribution in [0, 0.1) is 6.92 Å². The van der Waals surface area contributed by atoms with Gasteiger partial charge < -0.3 is 10.6 Å². The van der Waals surface area contributed by atoms with Gasteiger partial charge in [0.05, 0.1) is 0 Å². The van der Waals surface area contributed by atoms with E-state index in [9.17, 15) is 8.42 Å². The van der Waals surface area contributed by atoms with Crippen LogP contribution in [-0.2, 0) is 16.4 Å². The van der Waals surface area contributed by atoms with Crippen LogP contribution in [0.2, 0.25) is 0 Å². The summed E-state index contributed by atoms with van der Waals surface area (Å²) in [6, 6.07) is 1.99. The quantitative estimate of drug-likeness (QED) is 0.898. The molecule has 112 valence electrons. The Kier molecular flexibility index (Phi) is 4.93. The average molecular weight is 315 g/mol. The summed E-state index contributed by atoms with van der Waals surface area (Å²) in [5.74, 6) is 2.46. The monoisotopic (exact) mass is 315 g/mol. The minimum absolute atomic E-state index is 0.161. The Hall–Kier alpha value is -0.790. The third-order valence-electron chi connectivity index (χ3n) is 3.52. The van der Waals surface area contributed by atoms with Gasteiger partial charge in [0.15, 0.2) is 9.84 Å². The van der Waals surface area contributed by atoms with Gasteiger partial charge in [-0.1, -0.05) is 6.92 Å². The number of rotatable bonds is 4. The predicted octanol–water partition coefficient (Wildman–Crippen LogP) is 1.16. The number of thioether (sulfide) groups is 1. The van der Waals surface area contributed by atoms with Crippen LogP contribution in [0.4, 0.5) is 5.82 Å². The molecule has 1 aliphatic heterocycles. The van der Waals surface area contributed by atoms with E-state index in [1.165, 1.54) is 0 Å². The van der Waals surface area contributed by atoms with E-state index in [0.29, 0.717) is 18.8 Å². The van der Waals surface area contributed by atoms with Crippen LogP contribution in [0.15, 0.2) is 12.3 Å². The Labute approximate surface area is 124 Å². The molecule has 1 aromatic rings. The summed E-state index contributed by atoms with van der Waals surface area (Å²) in [7, 11) is -3.11. The smallest absolute Gasteiger partial charge is 0.171 e. The van der Waals surface area contributed by atoms with E-state index in [1.54, 1.807) is 24.9 Å². The van der Waals surface area contributed by atoms with Crippen molar-refractivity contribution in [1.82, 2.24) is 4.98 Å². The maximum atomic E-state index is 12.3. The summed E-state index contributed by atoms with van der Waals surface area (Å²) < 4.78 is 24.5. The first kappa shape index (κ1) is 15.6. The van der Waals surface area contributed by atoms with Crippen LogP contribution < -0.4 is 10.6 Å². The Morgan fingerprint density at radius 2 is 2.30 bits per heavy atom. The highest BCUT2D eigenvalue weighted by atomic mass is 32.2. The molecule has 2 heterocycles. The molecule has 0 spiro atoms. The van der Waals surface area contributed by atoms with Gasteiger partial charge in [0.2, 0.25) is 0 Å². The van der Waals surface area contributed by atoms with Crippen molar-refractivity contribution in [1.29, 1.82) is 0 Å². The van der Waals surface area contributed by atoms with Crippen molar-refractivity contribution in [3.63, 3.8) is 0 Å². The number of anilines is 1. The second-order valence-electron chi connectivity index (χ2n) is 4.86. The van der Waals surface area contributed by atoms with Crippen LogP contribution in [0.3, 0.4) is 0 Å². The summed E-state index contributed by atoms with van der Waals surface area (Å²) in [5.41, 5.74) is 7.56. The minimum atomic E-state index is -3.11. The first-order valence-corrected chi connectivity index (χ1v) is 9.58. The van der Waals surface area contributed by atoms with Gasteiger partial charge >= 0.3 is 0 Å². The maximum Gasteiger partial charge on any atom is 0.171 e. The third-order valence-corrected chi connectivity index (χ3v) is 6.81. The summed E-state index contributed by atoms with van der Waals surface area (Å²) in [5, 5.41) is -0.471. The lowest BCUT2D eigenvalue weighted by molar-refractivity contribution is 0.578. The van der Waals surface area contributed by atoms with E-state index in [4.69, 9.17) is 5.73 Å². The Morgan fingerprint density at radius 3 is 2.90 bits per heavy atom. The molecular formula is C13H21N3O2S2. The SMILES string of the molecule is CCS(=O)(=O)C1CSCCN1c1ncc(CN)cc1C. The van der Waals surface area contributed by atoms with Crippen LogP contribution in [0.25, 0.3) is 0 Å². The predicted molar refractivity (Wildman–Crippen MR) is 84.8 cm³/mol. The molecule has 1 fully saturated rings. The molecule has 0 saturated carbocycles. The summed E-state index contributed by atoms with van der Waals surface area (Å²) >= 11 is 1.69. The van der Waals surface area contributed by atoms with Crippen molar-refractivity contribution in [2.75, 3.05) is 28.7 Å². The average Bonchev–Trinajstić information content (AvgIpc) is 2.47. The molecular weight excluding hydrogens is 294 g/mol. The lowest BCUT2D eigenvalue weighted by Crippen LogP contribution is -2.48. The molecule has 0 bridgehead atoms. The normalized spacial score (nSPS) is 20.1. The standard InChI is InChI=1S/C13H21N3O2S2/c1-3-20(17,18)12-9-19-5-4-16(12)13-10(2)6-11(7-14)8-15-13/h6,8,12H,3-5,7,9,14H2,1-2H3. The molecule has 7 heteroatoms. The molecule has 0 radical (unpaired) electrons. The van der Waals surface area contributed by atoms with Crippen molar-refractivity contribution in [3.05, 3.63) is 23.4 Å². The summed E-state index contributed by atoms with van der Waals surface area (Å²) in [6.07, 6.45) is 1.74. The first-order chi connectivity index (χ1) is 9.49. The van der Waals surface area contributed by atoms with Gasteiger partial charge in [-0.2, -0.15) is 11.8 Å². The molecule has 0 amide bonds. The molecule has 1 aromatic heterocycles. The van der Waals surface area contributed by atoms with Crippen LogP contribution in [-0.4, -0.2) is 42.6 Å². The fraction of sp³-hybridized carbons (Fsp3) is 0.615. The Morgan fingerprint density at radius 1 is 1.55 bits per heavy atom. The summed E-state index contributed by atoms with van der Waals surface area (Å²) in [4.78, 5) is 6.38. The summed E-state index contributed by atoms with van der Waals surface area (Å²) in [6.45, 7) is 4.81. The van der Waals surface area contributed by atoms with Crippen molar-refractivity contribution < 1.29 is 8.42 Å². The van der Waals surface area contributed by atoms with Gasteiger partial charge in [0.1, 0.15) is 11.2 Å². The molecule has 2 N–H and O–H groups in total. The van der Waals surface area contributed by atoms with Gasteiger partial charge in [-0.3, -0.25) is 0 Å². The number of pyridine rings is 1. The Bertz CT molecular complexity index is 575.